The minimum absolute atomic E-state index is 0.131. The molecule has 4 nitrogen and oxygen atoms in total. The van der Waals surface area contributed by atoms with Crippen molar-refractivity contribution in [3.05, 3.63) is 58.4 Å². The molecule has 23 heavy (non-hydrogen) atoms. The molecule has 2 N–H and O–H groups in total. The van der Waals surface area contributed by atoms with Crippen molar-refractivity contribution >= 4 is 38.4 Å². The number of fused-ring (bicyclic) bond motifs is 1. The lowest BCUT2D eigenvalue weighted by molar-refractivity contribution is 0.102. The molecule has 0 aliphatic heterocycles. The van der Waals surface area contributed by atoms with Gasteiger partial charge in [0.15, 0.2) is 0 Å². The molecule has 118 valence electrons. The number of ether oxygens (including phenoxy) is 1. The van der Waals surface area contributed by atoms with E-state index in [1.165, 1.54) is 12.1 Å². The van der Waals surface area contributed by atoms with Crippen molar-refractivity contribution in [2.75, 3.05) is 11.9 Å². The van der Waals surface area contributed by atoms with Gasteiger partial charge in [0.2, 0.25) is 0 Å². The molecule has 0 bridgehead atoms. The van der Waals surface area contributed by atoms with Gasteiger partial charge in [0.1, 0.15) is 17.3 Å². The number of halogens is 2. The Morgan fingerprint density at radius 1 is 1.26 bits per heavy atom. The molecule has 0 fully saturated rings. The maximum Gasteiger partial charge on any atom is 0.272 e. The van der Waals surface area contributed by atoms with Crippen LogP contribution in [0.3, 0.4) is 0 Å². The van der Waals surface area contributed by atoms with Crippen LogP contribution in [0.2, 0.25) is 0 Å². The van der Waals surface area contributed by atoms with Crippen molar-refractivity contribution in [1.82, 2.24) is 4.98 Å². The summed E-state index contributed by atoms with van der Waals surface area (Å²) in [5.74, 6) is -0.171. The number of H-pyrrole nitrogens is 1. The summed E-state index contributed by atoms with van der Waals surface area (Å²) in [5, 5.41) is 3.44. The Hall–Kier alpha value is -2.34. The van der Waals surface area contributed by atoms with Crippen LogP contribution in [0.1, 0.15) is 17.4 Å². The summed E-state index contributed by atoms with van der Waals surface area (Å²) in [6.45, 7) is 2.48. The number of aromatic amines is 1. The smallest absolute Gasteiger partial charge is 0.272 e. The molecule has 0 aliphatic carbocycles. The van der Waals surface area contributed by atoms with E-state index in [-0.39, 0.29) is 5.69 Å². The van der Waals surface area contributed by atoms with E-state index in [4.69, 9.17) is 4.74 Å². The van der Waals surface area contributed by atoms with Crippen molar-refractivity contribution in [3.8, 4) is 5.75 Å². The molecule has 3 rings (SSSR count). The van der Waals surface area contributed by atoms with Crippen LogP contribution in [-0.4, -0.2) is 17.5 Å². The molecule has 0 saturated heterocycles. The summed E-state index contributed by atoms with van der Waals surface area (Å²) in [6.07, 6.45) is 0. The minimum Gasteiger partial charge on any atom is -0.494 e. The number of aromatic nitrogens is 1. The highest BCUT2D eigenvalue weighted by molar-refractivity contribution is 9.10. The predicted octanol–water partition coefficient (Wildman–Crippen LogP) is 4.72. The first-order valence-electron chi connectivity index (χ1n) is 7.09. The zero-order valence-corrected chi connectivity index (χ0v) is 13.9. The second-order valence-electron chi connectivity index (χ2n) is 4.94. The maximum absolute atomic E-state index is 13.8. The van der Waals surface area contributed by atoms with Crippen molar-refractivity contribution in [1.29, 1.82) is 0 Å². The van der Waals surface area contributed by atoms with E-state index in [1.807, 2.05) is 25.1 Å². The van der Waals surface area contributed by atoms with Crippen LogP contribution < -0.4 is 10.1 Å². The fraction of sp³-hybridized carbons (Fsp3) is 0.118. The maximum atomic E-state index is 13.8. The highest BCUT2D eigenvalue weighted by atomic mass is 79.9. The van der Waals surface area contributed by atoms with E-state index in [9.17, 15) is 9.18 Å². The molecule has 1 heterocycles. The second-order valence-corrected chi connectivity index (χ2v) is 5.86. The molecule has 0 aliphatic rings. The van der Waals surface area contributed by atoms with Gasteiger partial charge in [-0.15, -0.1) is 0 Å². The van der Waals surface area contributed by atoms with E-state index in [0.717, 1.165) is 16.7 Å². The molecule has 0 atom stereocenters. The van der Waals surface area contributed by atoms with Crippen LogP contribution in [0.5, 0.6) is 5.75 Å². The number of hydrogen-bond donors (Lipinski definition) is 2. The number of carbonyl (C=O) groups is 1. The third kappa shape index (κ3) is 3.37. The molecule has 2 aromatic carbocycles. The summed E-state index contributed by atoms with van der Waals surface area (Å²) < 4.78 is 19.8. The molecule has 0 spiro atoms. The number of anilines is 1. The molecular formula is C17H14BrFN2O2. The number of carbonyl (C=O) groups excluding carboxylic acids is 1. The van der Waals surface area contributed by atoms with Crippen LogP contribution in [-0.2, 0) is 0 Å². The van der Waals surface area contributed by atoms with Crippen LogP contribution >= 0.6 is 15.9 Å². The largest absolute Gasteiger partial charge is 0.494 e. The molecule has 3 aromatic rings. The van der Waals surface area contributed by atoms with Gasteiger partial charge in [0.05, 0.1) is 12.3 Å². The Morgan fingerprint density at radius 2 is 2.09 bits per heavy atom. The standard InChI is InChI=1S/C17H14BrFN2O2/c1-2-23-12-5-3-10-7-16(20-15(10)9-12)17(22)21-14-6-4-11(18)8-13(14)19/h3-9,20H,2H2,1H3,(H,21,22). The number of benzene rings is 2. The first-order valence-corrected chi connectivity index (χ1v) is 7.88. The summed E-state index contributed by atoms with van der Waals surface area (Å²) >= 11 is 3.18. The van der Waals surface area contributed by atoms with Gasteiger partial charge in [-0.25, -0.2) is 4.39 Å². The number of rotatable bonds is 4. The first kappa shape index (κ1) is 15.6. The van der Waals surface area contributed by atoms with E-state index in [1.54, 1.807) is 12.1 Å². The van der Waals surface area contributed by atoms with E-state index >= 15 is 0 Å². The molecule has 6 heteroatoms. The Balaban J connectivity index is 1.85. The molecular weight excluding hydrogens is 363 g/mol. The quantitative estimate of drug-likeness (QED) is 0.691. The topological polar surface area (TPSA) is 54.1 Å². The molecule has 0 saturated carbocycles. The average Bonchev–Trinajstić information content (AvgIpc) is 2.94. The average molecular weight is 377 g/mol. The summed E-state index contributed by atoms with van der Waals surface area (Å²) in [4.78, 5) is 15.3. The van der Waals surface area contributed by atoms with Crippen LogP contribution in [0, 0.1) is 5.82 Å². The zero-order valence-electron chi connectivity index (χ0n) is 12.3. The zero-order chi connectivity index (χ0) is 16.4. The van der Waals surface area contributed by atoms with Crippen LogP contribution in [0.25, 0.3) is 10.9 Å². The molecule has 1 amide bonds. The Bertz CT molecular complexity index is 876. The third-order valence-corrected chi connectivity index (χ3v) is 3.82. The van der Waals surface area contributed by atoms with Crippen molar-refractivity contribution in [3.63, 3.8) is 0 Å². The lowest BCUT2D eigenvalue weighted by Crippen LogP contribution is -2.13. The summed E-state index contributed by atoms with van der Waals surface area (Å²) in [6, 6.07) is 11.7. The summed E-state index contributed by atoms with van der Waals surface area (Å²) in [5.41, 5.74) is 1.28. The summed E-state index contributed by atoms with van der Waals surface area (Å²) in [7, 11) is 0. The molecule has 1 aromatic heterocycles. The monoisotopic (exact) mass is 376 g/mol. The van der Waals surface area contributed by atoms with E-state index < -0.39 is 11.7 Å². The van der Waals surface area contributed by atoms with Gasteiger partial charge in [-0.05, 0) is 43.3 Å². The SMILES string of the molecule is CCOc1ccc2cc(C(=O)Nc3ccc(Br)cc3F)[nH]c2c1. The van der Waals surface area contributed by atoms with Gasteiger partial charge < -0.3 is 15.0 Å². The van der Waals surface area contributed by atoms with Gasteiger partial charge in [-0.3, -0.25) is 4.79 Å². The lowest BCUT2D eigenvalue weighted by Gasteiger charge is -2.05. The third-order valence-electron chi connectivity index (χ3n) is 3.33. The van der Waals surface area contributed by atoms with Gasteiger partial charge in [0, 0.05) is 21.4 Å². The van der Waals surface area contributed by atoms with Gasteiger partial charge in [0.25, 0.3) is 5.91 Å². The van der Waals surface area contributed by atoms with Gasteiger partial charge in [-0.1, -0.05) is 15.9 Å². The van der Waals surface area contributed by atoms with Gasteiger partial charge in [-0.2, -0.15) is 0 Å². The lowest BCUT2D eigenvalue weighted by atomic mass is 10.2. The number of hydrogen-bond acceptors (Lipinski definition) is 2. The van der Waals surface area contributed by atoms with Crippen molar-refractivity contribution in [2.24, 2.45) is 0 Å². The van der Waals surface area contributed by atoms with Crippen LogP contribution in [0.15, 0.2) is 46.9 Å². The van der Waals surface area contributed by atoms with Crippen molar-refractivity contribution in [2.45, 2.75) is 6.92 Å². The second kappa shape index (κ2) is 6.42. The number of amides is 1. The Labute approximate surface area is 140 Å². The fourth-order valence-electron chi connectivity index (χ4n) is 2.27. The normalized spacial score (nSPS) is 10.7. The fourth-order valence-corrected chi connectivity index (χ4v) is 2.60. The highest BCUT2D eigenvalue weighted by Crippen LogP contribution is 2.23. The molecule has 0 unspecified atom stereocenters. The van der Waals surface area contributed by atoms with Gasteiger partial charge >= 0.3 is 0 Å². The van der Waals surface area contributed by atoms with E-state index in [0.29, 0.717) is 16.8 Å². The number of nitrogens with one attached hydrogen (secondary N) is 2. The van der Waals surface area contributed by atoms with Crippen LogP contribution in [0.4, 0.5) is 10.1 Å². The highest BCUT2D eigenvalue weighted by Gasteiger charge is 2.12. The Kier molecular flexibility index (Phi) is 4.34. The van der Waals surface area contributed by atoms with Crippen molar-refractivity contribution < 1.29 is 13.9 Å². The first-order chi connectivity index (χ1) is 11.1. The Morgan fingerprint density at radius 3 is 2.83 bits per heavy atom. The molecule has 0 radical (unpaired) electrons. The van der Waals surface area contributed by atoms with E-state index in [2.05, 4.69) is 26.2 Å². The predicted molar refractivity (Wildman–Crippen MR) is 91.5 cm³/mol. The minimum atomic E-state index is -0.498.